The number of aromatic nitrogens is 4. The maximum Gasteiger partial charge on any atom is 0.325 e. The predicted molar refractivity (Wildman–Crippen MR) is 62.7 cm³/mol. The summed E-state index contributed by atoms with van der Waals surface area (Å²) in [6.07, 6.45) is 0. The summed E-state index contributed by atoms with van der Waals surface area (Å²) in [7, 11) is 0. The van der Waals surface area contributed by atoms with Gasteiger partial charge in [0.25, 0.3) is 5.69 Å². The van der Waals surface area contributed by atoms with E-state index >= 15 is 0 Å². The molecule has 0 atom stereocenters. The number of benzene rings is 1. The molecule has 1 aromatic heterocycles. The van der Waals surface area contributed by atoms with Crippen molar-refractivity contribution in [1.29, 1.82) is 0 Å². The zero-order chi connectivity index (χ0) is 13.8. The molecular weight excluding hydrogens is 274 g/mol. The van der Waals surface area contributed by atoms with E-state index in [1.807, 2.05) is 0 Å². The minimum Gasteiger partial charge on any atom is -0.480 e. The van der Waals surface area contributed by atoms with Gasteiger partial charge in [-0.05, 0) is 28.3 Å². The van der Waals surface area contributed by atoms with Crippen molar-refractivity contribution < 1.29 is 14.8 Å². The van der Waals surface area contributed by atoms with Gasteiger partial charge in [-0.3, -0.25) is 14.9 Å². The van der Waals surface area contributed by atoms with Gasteiger partial charge in [0.05, 0.1) is 9.82 Å². The van der Waals surface area contributed by atoms with Gasteiger partial charge in [-0.2, -0.15) is 0 Å². The van der Waals surface area contributed by atoms with Gasteiger partial charge in [0, 0.05) is 6.07 Å². The average Bonchev–Trinajstić information content (AvgIpc) is 2.76. The minimum absolute atomic E-state index is 0.0858. The number of aliphatic carboxylic acids is 1. The summed E-state index contributed by atoms with van der Waals surface area (Å²) in [5.41, 5.74) is -0.0858. The molecule has 0 radical (unpaired) electrons. The van der Waals surface area contributed by atoms with Gasteiger partial charge in [-0.25, -0.2) is 4.68 Å². The van der Waals surface area contributed by atoms with Gasteiger partial charge in [0.15, 0.2) is 0 Å². The SMILES string of the molecule is O=C(O)Cn1nnnc1Sc1ccccc1[N+](=O)[O-]. The predicted octanol–water partition coefficient (Wildman–Crippen LogP) is 0.817. The van der Waals surface area contributed by atoms with Crippen molar-refractivity contribution in [2.24, 2.45) is 0 Å². The number of carbonyl (C=O) groups is 1. The fourth-order valence-corrected chi connectivity index (χ4v) is 2.16. The van der Waals surface area contributed by atoms with Crippen molar-refractivity contribution in [1.82, 2.24) is 20.2 Å². The van der Waals surface area contributed by atoms with Crippen LogP contribution >= 0.6 is 11.8 Å². The molecule has 0 fully saturated rings. The van der Waals surface area contributed by atoms with Crippen molar-refractivity contribution >= 4 is 23.4 Å². The lowest BCUT2D eigenvalue weighted by atomic mass is 10.3. The molecule has 2 aromatic rings. The molecule has 2 rings (SSSR count). The Morgan fingerprint density at radius 2 is 2.21 bits per heavy atom. The molecule has 0 aliphatic carbocycles. The second kappa shape index (κ2) is 5.44. The lowest BCUT2D eigenvalue weighted by Crippen LogP contribution is -2.11. The third kappa shape index (κ3) is 3.04. The Morgan fingerprint density at radius 1 is 1.47 bits per heavy atom. The number of carboxylic acid groups (broad SMARTS) is 1. The van der Waals surface area contributed by atoms with E-state index in [9.17, 15) is 14.9 Å². The van der Waals surface area contributed by atoms with Gasteiger partial charge in [0.2, 0.25) is 5.16 Å². The normalized spacial score (nSPS) is 10.3. The largest absolute Gasteiger partial charge is 0.480 e. The molecule has 9 nitrogen and oxygen atoms in total. The molecule has 1 aromatic carbocycles. The number of rotatable bonds is 5. The molecule has 0 saturated heterocycles. The van der Waals surface area contributed by atoms with Crippen molar-refractivity contribution in [3.8, 4) is 0 Å². The molecule has 0 saturated carbocycles. The van der Waals surface area contributed by atoms with E-state index in [-0.39, 0.29) is 10.8 Å². The fourth-order valence-electron chi connectivity index (χ4n) is 1.29. The number of para-hydroxylation sites is 1. The van der Waals surface area contributed by atoms with E-state index in [1.165, 1.54) is 6.07 Å². The van der Waals surface area contributed by atoms with Crippen LogP contribution in [0.3, 0.4) is 0 Å². The molecule has 0 spiro atoms. The zero-order valence-electron chi connectivity index (χ0n) is 9.33. The molecular formula is C9H7N5O4S. The summed E-state index contributed by atoms with van der Waals surface area (Å²) in [6, 6.07) is 6.08. The number of nitrogens with zero attached hydrogens (tertiary/aromatic N) is 5. The van der Waals surface area contributed by atoms with Gasteiger partial charge >= 0.3 is 5.97 Å². The highest BCUT2D eigenvalue weighted by Gasteiger charge is 2.17. The average molecular weight is 281 g/mol. The van der Waals surface area contributed by atoms with E-state index in [4.69, 9.17) is 5.11 Å². The van der Waals surface area contributed by atoms with E-state index in [1.54, 1.807) is 18.2 Å². The Bertz CT molecular complexity index is 629. The molecule has 10 heteroatoms. The highest BCUT2D eigenvalue weighted by atomic mass is 32.2. The van der Waals surface area contributed by atoms with Crippen LogP contribution in [0.15, 0.2) is 34.3 Å². The third-order valence-corrected chi connectivity index (χ3v) is 3.09. The summed E-state index contributed by atoms with van der Waals surface area (Å²) in [5, 5.41) is 30.2. The molecule has 1 N–H and O–H groups in total. The summed E-state index contributed by atoms with van der Waals surface area (Å²) < 4.78 is 1.06. The molecule has 0 aliphatic rings. The second-order valence-electron chi connectivity index (χ2n) is 3.34. The molecule has 98 valence electrons. The zero-order valence-corrected chi connectivity index (χ0v) is 10.1. The molecule has 19 heavy (non-hydrogen) atoms. The molecule has 0 unspecified atom stereocenters. The standard InChI is InChI=1S/C9H7N5O4S/c15-8(16)5-13-9(10-11-12-13)19-7-4-2-1-3-6(7)14(17)18/h1-4H,5H2,(H,15,16). The number of carboxylic acids is 1. The second-order valence-corrected chi connectivity index (χ2v) is 4.35. The topological polar surface area (TPSA) is 124 Å². The van der Waals surface area contributed by atoms with Crippen LogP contribution in [0.5, 0.6) is 0 Å². The van der Waals surface area contributed by atoms with Crippen LogP contribution in [0, 0.1) is 10.1 Å². The van der Waals surface area contributed by atoms with E-state index in [0.29, 0.717) is 4.90 Å². The molecule has 0 amide bonds. The van der Waals surface area contributed by atoms with Crippen LogP contribution in [0.25, 0.3) is 0 Å². The number of nitro groups is 1. The van der Waals surface area contributed by atoms with Gasteiger partial charge in [0.1, 0.15) is 6.54 Å². The molecule has 0 aliphatic heterocycles. The molecule has 1 heterocycles. The van der Waals surface area contributed by atoms with Crippen molar-refractivity contribution in [3.05, 3.63) is 34.4 Å². The van der Waals surface area contributed by atoms with Gasteiger partial charge in [-0.1, -0.05) is 12.1 Å². The first-order chi connectivity index (χ1) is 9.08. The molecule has 0 bridgehead atoms. The summed E-state index contributed by atoms with van der Waals surface area (Å²) in [5.74, 6) is -1.10. The maximum atomic E-state index is 10.9. The number of nitro benzene ring substituents is 1. The van der Waals surface area contributed by atoms with Gasteiger partial charge in [-0.15, -0.1) is 5.10 Å². The summed E-state index contributed by atoms with van der Waals surface area (Å²) in [4.78, 5) is 21.3. The Balaban J connectivity index is 2.29. The maximum absolute atomic E-state index is 10.9. The van der Waals surface area contributed by atoms with Crippen LogP contribution in [-0.2, 0) is 11.3 Å². The number of hydrogen-bond donors (Lipinski definition) is 1. The van der Waals surface area contributed by atoms with Crippen molar-refractivity contribution in [2.45, 2.75) is 16.6 Å². The van der Waals surface area contributed by atoms with Crippen LogP contribution < -0.4 is 0 Å². The Labute approximate surface area is 110 Å². The van der Waals surface area contributed by atoms with Crippen molar-refractivity contribution in [2.75, 3.05) is 0 Å². The Kier molecular flexibility index (Phi) is 3.71. The Morgan fingerprint density at radius 3 is 2.89 bits per heavy atom. The minimum atomic E-state index is -1.10. The quantitative estimate of drug-likeness (QED) is 0.630. The fraction of sp³-hybridized carbons (Fsp3) is 0.111. The van der Waals surface area contributed by atoms with Crippen LogP contribution in [-0.4, -0.2) is 36.2 Å². The third-order valence-electron chi connectivity index (χ3n) is 2.05. The monoisotopic (exact) mass is 281 g/mol. The summed E-state index contributed by atoms with van der Waals surface area (Å²) in [6.45, 7) is -0.407. The van der Waals surface area contributed by atoms with Crippen LogP contribution in [0.1, 0.15) is 0 Å². The van der Waals surface area contributed by atoms with Crippen LogP contribution in [0.2, 0.25) is 0 Å². The van der Waals surface area contributed by atoms with Crippen LogP contribution in [0.4, 0.5) is 5.69 Å². The van der Waals surface area contributed by atoms with E-state index in [0.717, 1.165) is 16.4 Å². The number of tetrazole rings is 1. The van der Waals surface area contributed by atoms with Crippen molar-refractivity contribution in [3.63, 3.8) is 0 Å². The summed E-state index contributed by atoms with van der Waals surface area (Å²) >= 11 is 0.940. The Hall–Kier alpha value is -2.49. The lowest BCUT2D eigenvalue weighted by Gasteiger charge is -2.02. The first-order valence-electron chi connectivity index (χ1n) is 4.97. The lowest BCUT2D eigenvalue weighted by molar-refractivity contribution is -0.387. The smallest absolute Gasteiger partial charge is 0.325 e. The highest BCUT2D eigenvalue weighted by molar-refractivity contribution is 7.99. The number of hydrogen-bond acceptors (Lipinski definition) is 7. The first-order valence-corrected chi connectivity index (χ1v) is 5.79. The first kappa shape index (κ1) is 13.0. The van der Waals surface area contributed by atoms with E-state index < -0.39 is 17.4 Å². The highest BCUT2D eigenvalue weighted by Crippen LogP contribution is 2.32. The van der Waals surface area contributed by atoms with E-state index in [2.05, 4.69) is 15.5 Å². The van der Waals surface area contributed by atoms with Gasteiger partial charge < -0.3 is 5.11 Å².